The Labute approximate surface area is 142 Å². The third-order valence-corrected chi connectivity index (χ3v) is 3.87. The number of rotatable bonds is 10. The minimum atomic E-state index is -0.918. The summed E-state index contributed by atoms with van der Waals surface area (Å²) in [5.74, 6) is 0.652. The summed E-state index contributed by atoms with van der Waals surface area (Å²) in [5, 5.41) is 0. The topological polar surface area (TPSA) is 39.2 Å². The smallest absolute Gasteiger partial charge is 0.151 e. The number of aldehydes is 1. The van der Waals surface area contributed by atoms with Crippen LogP contribution in [0.4, 0.5) is 4.39 Å². The number of ether oxygens (including phenoxy) is 1. The molecule has 0 aliphatic carbocycles. The van der Waals surface area contributed by atoms with Crippen molar-refractivity contribution in [2.75, 3.05) is 6.61 Å². The van der Waals surface area contributed by atoms with Crippen molar-refractivity contribution in [2.45, 2.75) is 45.2 Å². The number of halogens is 1. The van der Waals surface area contributed by atoms with Crippen LogP contribution in [0.5, 0.6) is 5.75 Å². The zero-order valence-corrected chi connectivity index (χ0v) is 14.1. The number of benzene rings is 1. The second kappa shape index (κ2) is 9.81. The maximum absolute atomic E-state index is 13.8. The van der Waals surface area contributed by atoms with Gasteiger partial charge < -0.3 is 4.74 Å². The molecule has 0 saturated heterocycles. The molecule has 0 unspecified atom stereocenters. The number of unbranched alkanes of at least 4 members (excludes halogenated alkanes) is 3. The van der Waals surface area contributed by atoms with E-state index in [-0.39, 0.29) is 6.61 Å². The number of pyridine rings is 1. The predicted molar refractivity (Wildman–Crippen MR) is 94.2 cm³/mol. The van der Waals surface area contributed by atoms with Crippen molar-refractivity contribution in [1.82, 2.24) is 4.98 Å². The molecular formula is C20H24FNO2. The van der Waals surface area contributed by atoms with Crippen molar-refractivity contribution in [1.29, 1.82) is 0 Å². The lowest BCUT2D eigenvalue weighted by Gasteiger charge is -2.11. The van der Waals surface area contributed by atoms with Crippen molar-refractivity contribution in [3.05, 3.63) is 48.2 Å². The molecule has 1 aromatic heterocycles. The molecule has 0 radical (unpaired) electrons. The number of carbonyl (C=O) groups is 1. The van der Waals surface area contributed by atoms with Gasteiger partial charge in [-0.3, -0.25) is 9.78 Å². The molecule has 0 aliphatic heterocycles. The maximum atomic E-state index is 13.8. The van der Waals surface area contributed by atoms with Gasteiger partial charge in [-0.25, -0.2) is 4.39 Å². The fourth-order valence-corrected chi connectivity index (χ4v) is 2.43. The van der Waals surface area contributed by atoms with Gasteiger partial charge in [0.15, 0.2) is 6.29 Å². The maximum Gasteiger partial charge on any atom is 0.151 e. The number of hydrogen-bond acceptors (Lipinski definition) is 3. The van der Waals surface area contributed by atoms with E-state index in [2.05, 4.69) is 11.9 Å². The van der Waals surface area contributed by atoms with Gasteiger partial charge in [-0.15, -0.1) is 0 Å². The first-order chi connectivity index (χ1) is 11.7. The molecular weight excluding hydrogens is 305 g/mol. The van der Waals surface area contributed by atoms with Gasteiger partial charge in [-0.2, -0.15) is 0 Å². The Balaban J connectivity index is 1.82. The molecule has 4 heteroatoms. The highest BCUT2D eigenvalue weighted by Crippen LogP contribution is 2.21. The third-order valence-electron chi connectivity index (χ3n) is 3.87. The van der Waals surface area contributed by atoms with Crippen molar-refractivity contribution >= 4 is 6.29 Å². The molecule has 0 saturated carbocycles. The van der Waals surface area contributed by atoms with Crippen molar-refractivity contribution in [2.24, 2.45) is 0 Å². The van der Waals surface area contributed by atoms with E-state index in [9.17, 15) is 9.18 Å². The lowest BCUT2D eigenvalue weighted by atomic mass is 10.1. The highest BCUT2D eigenvalue weighted by atomic mass is 19.1. The van der Waals surface area contributed by atoms with Crippen LogP contribution in [-0.4, -0.2) is 24.0 Å². The van der Waals surface area contributed by atoms with Crippen LogP contribution in [-0.2, 0) is 0 Å². The van der Waals surface area contributed by atoms with Crippen LogP contribution in [0.2, 0.25) is 0 Å². The molecule has 2 rings (SSSR count). The second-order valence-corrected chi connectivity index (χ2v) is 5.88. The second-order valence-electron chi connectivity index (χ2n) is 5.88. The number of nitrogens with zero attached hydrogens (tertiary/aromatic N) is 1. The van der Waals surface area contributed by atoms with Crippen LogP contribution < -0.4 is 4.74 Å². The van der Waals surface area contributed by atoms with E-state index in [1.807, 2.05) is 24.3 Å². The van der Waals surface area contributed by atoms with Crippen LogP contribution in [0.1, 0.15) is 49.4 Å². The molecule has 0 spiro atoms. The Bertz CT molecular complexity index is 611. The van der Waals surface area contributed by atoms with E-state index < -0.39 is 6.17 Å². The van der Waals surface area contributed by atoms with E-state index in [0.29, 0.717) is 17.7 Å². The fourth-order valence-electron chi connectivity index (χ4n) is 2.43. The standard InChI is InChI=1S/C20H24FNO2/c1-2-3-4-5-6-18(21)15-24-19-10-8-17(9-11-19)20-12-7-16(14-23)13-22-20/h7-14,18H,2-6,15H2,1H3/t18-/m1/s1. The Morgan fingerprint density at radius 1 is 1.12 bits per heavy atom. The van der Waals surface area contributed by atoms with Gasteiger partial charge in [0.25, 0.3) is 0 Å². The number of carbonyl (C=O) groups excluding carboxylic acids is 1. The SMILES string of the molecule is CCCCCC[C@@H](F)COc1ccc(-c2ccc(C=O)cn2)cc1. The molecule has 0 aliphatic rings. The zero-order chi connectivity index (χ0) is 17.2. The Morgan fingerprint density at radius 2 is 1.92 bits per heavy atom. The predicted octanol–water partition coefficient (Wildman–Crippen LogP) is 5.25. The molecule has 0 amide bonds. The van der Waals surface area contributed by atoms with Crippen molar-refractivity contribution in [3.63, 3.8) is 0 Å². The molecule has 1 heterocycles. The van der Waals surface area contributed by atoms with E-state index in [4.69, 9.17) is 4.74 Å². The van der Waals surface area contributed by atoms with E-state index in [1.165, 1.54) is 0 Å². The summed E-state index contributed by atoms with van der Waals surface area (Å²) in [5.41, 5.74) is 2.26. The van der Waals surface area contributed by atoms with E-state index >= 15 is 0 Å². The van der Waals surface area contributed by atoms with Crippen LogP contribution in [0.25, 0.3) is 11.3 Å². The van der Waals surface area contributed by atoms with Gasteiger partial charge in [0, 0.05) is 17.3 Å². The molecule has 0 bridgehead atoms. The molecule has 0 fully saturated rings. The summed E-state index contributed by atoms with van der Waals surface area (Å²) in [7, 11) is 0. The minimum absolute atomic E-state index is 0.0950. The van der Waals surface area contributed by atoms with Gasteiger partial charge in [0.2, 0.25) is 0 Å². The van der Waals surface area contributed by atoms with Crippen LogP contribution >= 0.6 is 0 Å². The normalized spacial score (nSPS) is 11.9. The highest BCUT2D eigenvalue weighted by Gasteiger charge is 2.07. The van der Waals surface area contributed by atoms with Crippen LogP contribution in [0.15, 0.2) is 42.6 Å². The molecule has 3 nitrogen and oxygen atoms in total. The summed E-state index contributed by atoms with van der Waals surface area (Å²) in [6.07, 6.45) is 6.28. The number of aromatic nitrogens is 1. The average molecular weight is 329 g/mol. The van der Waals surface area contributed by atoms with E-state index in [0.717, 1.165) is 43.2 Å². The first kappa shape index (κ1) is 18.1. The Kier molecular flexibility index (Phi) is 7.40. The zero-order valence-electron chi connectivity index (χ0n) is 14.1. The average Bonchev–Trinajstić information content (AvgIpc) is 2.64. The first-order valence-corrected chi connectivity index (χ1v) is 8.51. The van der Waals surface area contributed by atoms with Crippen molar-refractivity contribution < 1.29 is 13.9 Å². The highest BCUT2D eigenvalue weighted by molar-refractivity contribution is 5.75. The van der Waals surface area contributed by atoms with Gasteiger partial charge in [0.05, 0.1) is 5.69 Å². The lowest BCUT2D eigenvalue weighted by Crippen LogP contribution is -2.12. The van der Waals surface area contributed by atoms with Crippen molar-refractivity contribution in [3.8, 4) is 17.0 Å². The summed E-state index contributed by atoms with van der Waals surface area (Å²) in [4.78, 5) is 14.9. The number of hydrogen-bond donors (Lipinski definition) is 0. The Hall–Kier alpha value is -2.23. The van der Waals surface area contributed by atoms with Gasteiger partial charge in [0.1, 0.15) is 18.5 Å². The lowest BCUT2D eigenvalue weighted by molar-refractivity contribution is 0.112. The minimum Gasteiger partial charge on any atom is -0.491 e. The monoisotopic (exact) mass is 329 g/mol. The van der Waals surface area contributed by atoms with Gasteiger partial charge in [-0.05, 0) is 42.8 Å². The van der Waals surface area contributed by atoms with Crippen LogP contribution in [0, 0.1) is 0 Å². The molecule has 128 valence electrons. The molecule has 1 atom stereocenters. The first-order valence-electron chi connectivity index (χ1n) is 8.51. The summed E-state index contributed by atoms with van der Waals surface area (Å²) in [6.45, 7) is 2.24. The summed E-state index contributed by atoms with van der Waals surface area (Å²) < 4.78 is 19.3. The number of alkyl halides is 1. The summed E-state index contributed by atoms with van der Waals surface area (Å²) >= 11 is 0. The van der Waals surface area contributed by atoms with Gasteiger partial charge >= 0.3 is 0 Å². The fraction of sp³-hybridized carbons (Fsp3) is 0.400. The molecule has 1 aromatic carbocycles. The van der Waals surface area contributed by atoms with Crippen LogP contribution in [0.3, 0.4) is 0 Å². The molecule has 0 N–H and O–H groups in total. The van der Waals surface area contributed by atoms with Gasteiger partial charge in [-0.1, -0.05) is 32.6 Å². The molecule has 24 heavy (non-hydrogen) atoms. The quantitative estimate of drug-likeness (QED) is 0.441. The summed E-state index contributed by atoms with van der Waals surface area (Å²) in [6, 6.07) is 10.9. The Morgan fingerprint density at radius 3 is 2.54 bits per heavy atom. The third kappa shape index (κ3) is 5.76. The largest absolute Gasteiger partial charge is 0.491 e. The molecule has 2 aromatic rings. The van der Waals surface area contributed by atoms with E-state index in [1.54, 1.807) is 18.3 Å².